The zero-order valence-electron chi connectivity index (χ0n) is 17.3. The molecule has 3 aromatic carbocycles. The van der Waals surface area contributed by atoms with Gasteiger partial charge in [-0.05, 0) is 23.8 Å². The van der Waals surface area contributed by atoms with Gasteiger partial charge >= 0.3 is 0 Å². The second-order valence-corrected chi connectivity index (χ2v) is 7.24. The van der Waals surface area contributed by atoms with Crippen molar-refractivity contribution in [3.63, 3.8) is 0 Å². The molecule has 0 aliphatic carbocycles. The second-order valence-electron chi connectivity index (χ2n) is 7.24. The molecule has 1 atom stereocenters. The molecule has 0 spiro atoms. The maximum Gasteiger partial charge on any atom is 0.300 e. The molecule has 0 unspecified atom stereocenters. The van der Waals surface area contributed by atoms with Crippen LogP contribution in [0, 0.1) is 10.1 Å². The van der Waals surface area contributed by atoms with Crippen LogP contribution in [0.3, 0.4) is 0 Å². The number of carbonyl (C=O) groups is 2. The number of nitro groups is 1. The van der Waals surface area contributed by atoms with E-state index in [0.717, 1.165) is 4.90 Å². The van der Waals surface area contributed by atoms with E-state index in [1.807, 2.05) is 0 Å². The van der Waals surface area contributed by atoms with Crippen molar-refractivity contribution in [1.82, 2.24) is 0 Å². The van der Waals surface area contributed by atoms with Crippen LogP contribution in [0.15, 0.2) is 78.4 Å². The van der Waals surface area contributed by atoms with E-state index in [1.165, 1.54) is 49.6 Å². The number of ketones is 1. The van der Waals surface area contributed by atoms with E-state index in [-0.39, 0.29) is 34.2 Å². The van der Waals surface area contributed by atoms with Gasteiger partial charge in [0.1, 0.15) is 5.76 Å². The Morgan fingerprint density at radius 1 is 1.03 bits per heavy atom. The summed E-state index contributed by atoms with van der Waals surface area (Å²) in [5.41, 5.74) is 0.332. The molecule has 4 rings (SSSR count). The predicted molar refractivity (Wildman–Crippen MR) is 119 cm³/mol. The summed E-state index contributed by atoms with van der Waals surface area (Å²) < 4.78 is 5.16. The van der Waals surface area contributed by atoms with E-state index in [2.05, 4.69) is 0 Å². The number of Topliss-reactive ketones (excluding diaryl/α,β-unsaturated/α-hetero) is 1. The molecule has 1 fully saturated rings. The summed E-state index contributed by atoms with van der Waals surface area (Å²) in [5, 5.41) is 32.3. The number of hydrogen-bond acceptors (Lipinski definition) is 7. The number of benzene rings is 3. The summed E-state index contributed by atoms with van der Waals surface area (Å²) >= 11 is 0. The van der Waals surface area contributed by atoms with Gasteiger partial charge in [0.2, 0.25) is 0 Å². The Morgan fingerprint density at radius 2 is 1.76 bits per heavy atom. The maximum absolute atomic E-state index is 13.1. The number of phenols is 1. The monoisotopic (exact) mass is 446 g/mol. The number of aromatic hydroxyl groups is 1. The standard InChI is InChI=1S/C24H18N2O7/c1-33-19-12-15(10-11-18(19)27)21-20(22(28)14-6-3-2-4-7-14)23(29)24(30)25(21)16-8-5-9-17(13-16)26(31)32/h2-13,21,27-28H,1H3/t21-/m0/s1. The summed E-state index contributed by atoms with van der Waals surface area (Å²) in [6.07, 6.45) is 0. The molecule has 0 saturated carbocycles. The number of methoxy groups -OCH3 is 1. The number of anilines is 1. The lowest BCUT2D eigenvalue weighted by atomic mass is 9.94. The molecular formula is C24H18N2O7. The zero-order chi connectivity index (χ0) is 23.7. The molecule has 1 aliphatic heterocycles. The van der Waals surface area contributed by atoms with E-state index in [1.54, 1.807) is 30.3 Å². The van der Waals surface area contributed by atoms with E-state index in [0.29, 0.717) is 11.1 Å². The maximum atomic E-state index is 13.1. The molecule has 0 radical (unpaired) electrons. The fourth-order valence-electron chi connectivity index (χ4n) is 3.79. The smallest absolute Gasteiger partial charge is 0.300 e. The van der Waals surface area contributed by atoms with Crippen LogP contribution < -0.4 is 9.64 Å². The van der Waals surface area contributed by atoms with Crippen molar-refractivity contribution in [2.24, 2.45) is 0 Å². The molecule has 9 heteroatoms. The van der Waals surface area contributed by atoms with E-state index in [9.17, 15) is 29.9 Å². The summed E-state index contributed by atoms with van der Waals surface area (Å²) in [4.78, 5) is 38.0. The molecule has 3 aromatic rings. The van der Waals surface area contributed by atoms with Gasteiger partial charge in [0.15, 0.2) is 11.5 Å². The fraction of sp³-hybridized carbons (Fsp3) is 0.0833. The number of ether oxygens (including phenoxy) is 1. The highest BCUT2D eigenvalue weighted by Crippen LogP contribution is 2.44. The van der Waals surface area contributed by atoms with Gasteiger partial charge in [-0.25, -0.2) is 0 Å². The van der Waals surface area contributed by atoms with E-state index in [4.69, 9.17) is 4.74 Å². The number of nitro benzene ring substituents is 1. The minimum absolute atomic E-state index is 0.0943. The molecule has 0 aromatic heterocycles. The second kappa shape index (κ2) is 8.46. The van der Waals surface area contributed by atoms with E-state index >= 15 is 0 Å². The number of hydrogen-bond donors (Lipinski definition) is 2. The Hall–Kier alpha value is -4.66. The number of rotatable bonds is 5. The van der Waals surface area contributed by atoms with Crippen LogP contribution in [0.4, 0.5) is 11.4 Å². The minimum Gasteiger partial charge on any atom is -0.507 e. The molecule has 1 amide bonds. The molecule has 33 heavy (non-hydrogen) atoms. The van der Waals surface area contributed by atoms with Crippen molar-refractivity contribution in [2.45, 2.75) is 6.04 Å². The molecule has 1 aliphatic rings. The molecule has 2 N–H and O–H groups in total. The average Bonchev–Trinajstić information content (AvgIpc) is 3.10. The Bertz CT molecular complexity index is 1300. The Morgan fingerprint density at radius 3 is 2.42 bits per heavy atom. The number of non-ortho nitro benzene ring substituents is 1. The van der Waals surface area contributed by atoms with Crippen molar-refractivity contribution >= 4 is 28.8 Å². The van der Waals surface area contributed by atoms with Gasteiger partial charge in [0.25, 0.3) is 17.4 Å². The van der Waals surface area contributed by atoms with Crippen LogP contribution in [-0.4, -0.2) is 33.9 Å². The first-order valence-corrected chi connectivity index (χ1v) is 9.81. The lowest BCUT2D eigenvalue weighted by molar-refractivity contribution is -0.384. The van der Waals surface area contributed by atoms with Gasteiger partial charge in [0.05, 0.1) is 29.3 Å². The van der Waals surface area contributed by atoms with Crippen molar-refractivity contribution in [3.05, 3.63) is 99.6 Å². The van der Waals surface area contributed by atoms with Gasteiger partial charge in [-0.3, -0.25) is 24.6 Å². The highest BCUT2D eigenvalue weighted by atomic mass is 16.6. The highest BCUT2D eigenvalue weighted by Gasteiger charge is 2.47. The van der Waals surface area contributed by atoms with E-state index < -0.39 is 22.7 Å². The highest BCUT2D eigenvalue weighted by molar-refractivity contribution is 6.51. The van der Waals surface area contributed by atoms with Crippen molar-refractivity contribution in [3.8, 4) is 11.5 Å². The summed E-state index contributed by atoms with van der Waals surface area (Å²) in [7, 11) is 1.35. The Balaban J connectivity index is 1.98. The molecule has 166 valence electrons. The Kier molecular flexibility index (Phi) is 5.53. The number of amides is 1. The van der Waals surface area contributed by atoms with Gasteiger partial charge in [-0.1, -0.05) is 42.5 Å². The molecule has 9 nitrogen and oxygen atoms in total. The minimum atomic E-state index is -1.12. The third kappa shape index (κ3) is 3.76. The predicted octanol–water partition coefficient (Wildman–Crippen LogP) is 3.94. The van der Waals surface area contributed by atoms with Crippen LogP contribution in [-0.2, 0) is 9.59 Å². The number of nitrogens with zero attached hydrogens (tertiary/aromatic N) is 2. The van der Waals surface area contributed by atoms with Crippen LogP contribution in [0.1, 0.15) is 17.2 Å². The van der Waals surface area contributed by atoms with Crippen LogP contribution >= 0.6 is 0 Å². The molecule has 1 saturated heterocycles. The largest absolute Gasteiger partial charge is 0.507 e. The van der Waals surface area contributed by atoms with Crippen LogP contribution in [0.5, 0.6) is 11.5 Å². The number of aliphatic hydroxyl groups excluding tert-OH is 1. The first-order chi connectivity index (χ1) is 15.8. The molecule has 0 bridgehead atoms. The van der Waals surface area contributed by atoms with Crippen molar-refractivity contribution in [1.29, 1.82) is 0 Å². The topological polar surface area (TPSA) is 130 Å². The quantitative estimate of drug-likeness (QED) is 0.200. The summed E-state index contributed by atoms with van der Waals surface area (Å²) in [6.45, 7) is 0. The van der Waals surface area contributed by atoms with Crippen LogP contribution in [0.2, 0.25) is 0 Å². The van der Waals surface area contributed by atoms with Gasteiger partial charge in [-0.15, -0.1) is 0 Å². The van der Waals surface area contributed by atoms with Gasteiger partial charge in [0, 0.05) is 17.7 Å². The van der Waals surface area contributed by atoms with Gasteiger partial charge < -0.3 is 14.9 Å². The lowest BCUT2D eigenvalue weighted by Crippen LogP contribution is -2.29. The van der Waals surface area contributed by atoms with Crippen LogP contribution in [0.25, 0.3) is 5.76 Å². The number of carbonyl (C=O) groups excluding carboxylic acids is 2. The third-order valence-electron chi connectivity index (χ3n) is 5.33. The number of aliphatic hydroxyl groups is 1. The lowest BCUT2D eigenvalue weighted by Gasteiger charge is -2.25. The fourth-order valence-corrected chi connectivity index (χ4v) is 3.79. The SMILES string of the molecule is COc1cc([C@H]2C(=C(O)c3ccccc3)C(=O)C(=O)N2c2cccc([N+](=O)[O-])c2)ccc1O. The molecule has 1 heterocycles. The van der Waals surface area contributed by atoms with Crippen molar-refractivity contribution in [2.75, 3.05) is 12.0 Å². The summed E-state index contributed by atoms with van der Waals surface area (Å²) in [5.74, 6) is -2.35. The Labute approximate surface area is 187 Å². The first kappa shape index (κ1) is 21.6. The number of phenolic OH excluding ortho intramolecular Hbond substituents is 1. The van der Waals surface area contributed by atoms with Crippen molar-refractivity contribution < 1.29 is 29.5 Å². The normalized spacial score (nSPS) is 17.2. The first-order valence-electron chi connectivity index (χ1n) is 9.81. The summed E-state index contributed by atoms with van der Waals surface area (Å²) in [6, 6.07) is 16.7. The zero-order valence-corrected chi connectivity index (χ0v) is 17.3. The molecular weight excluding hydrogens is 428 g/mol. The average molecular weight is 446 g/mol. The van der Waals surface area contributed by atoms with Gasteiger partial charge in [-0.2, -0.15) is 0 Å². The third-order valence-corrected chi connectivity index (χ3v) is 5.33.